The highest BCUT2D eigenvalue weighted by molar-refractivity contribution is 7.09. The van der Waals surface area contributed by atoms with Crippen LogP contribution in [-0.2, 0) is 24.3 Å². The van der Waals surface area contributed by atoms with Crippen molar-refractivity contribution < 1.29 is 9.59 Å². The zero-order valence-corrected chi connectivity index (χ0v) is 20.1. The van der Waals surface area contributed by atoms with Crippen molar-refractivity contribution in [3.63, 3.8) is 0 Å². The lowest BCUT2D eigenvalue weighted by molar-refractivity contribution is -0.132. The van der Waals surface area contributed by atoms with Crippen LogP contribution in [0.15, 0.2) is 53.9 Å². The first-order chi connectivity index (χ1) is 16.4. The SMILES string of the molecule is Cc1nc(-c2ccc(CC(=O)N3CCn4nc(-c5cccc(Cl)c5)c(C(N)=O)c4C3)cc2)cs1. The molecule has 5 rings (SSSR count). The van der Waals surface area contributed by atoms with E-state index in [1.54, 1.807) is 39.1 Å². The number of amides is 2. The lowest BCUT2D eigenvalue weighted by Crippen LogP contribution is -2.40. The first-order valence-corrected chi connectivity index (χ1v) is 12.1. The molecule has 0 unspecified atom stereocenters. The molecular weight excluding hydrogens is 470 g/mol. The minimum Gasteiger partial charge on any atom is -0.365 e. The molecule has 1 aliphatic heterocycles. The molecule has 0 aliphatic carbocycles. The minimum absolute atomic E-state index is 0.00979. The highest BCUT2D eigenvalue weighted by atomic mass is 35.5. The van der Waals surface area contributed by atoms with Gasteiger partial charge in [-0.05, 0) is 24.6 Å². The Kier molecular flexibility index (Phi) is 5.93. The van der Waals surface area contributed by atoms with Crippen LogP contribution in [0.3, 0.4) is 0 Å². The fraction of sp³-hybridized carbons (Fsp3) is 0.200. The van der Waals surface area contributed by atoms with E-state index in [1.807, 2.05) is 42.6 Å². The number of rotatable bonds is 5. The number of fused-ring (bicyclic) bond motifs is 1. The third-order valence-corrected chi connectivity index (χ3v) is 6.91. The molecule has 2 amide bonds. The molecule has 2 N–H and O–H groups in total. The number of hydrogen-bond donors (Lipinski definition) is 1. The Morgan fingerprint density at radius 1 is 1.12 bits per heavy atom. The topological polar surface area (TPSA) is 94.1 Å². The molecule has 9 heteroatoms. The second kappa shape index (κ2) is 9.04. The Balaban J connectivity index is 1.35. The van der Waals surface area contributed by atoms with Gasteiger partial charge in [-0.2, -0.15) is 5.10 Å². The molecule has 4 aromatic rings. The van der Waals surface area contributed by atoms with Crippen molar-refractivity contribution in [2.45, 2.75) is 26.4 Å². The number of aromatic nitrogens is 3. The average Bonchev–Trinajstić information content (AvgIpc) is 3.43. The summed E-state index contributed by atoms with van der Waals surface area (Å²) in [6.07, 6.45) is 0.275. The molecule has 2 aromatic carbocycles. The van der Waals surface area contributed by atoms with E-state index in [0.717, 1.165) is 27.4 Å². The number of thiazole rings is 1. The largest absolute Gasteiger partial charge is 0.365 e. The number of hydrogen-bond acceptors (Lipinski definition) is 5. The summed E-state index contributed by atoms with van der Waals surface area (Å²) >= 11 is 7.75. The molecule has 2 aromatic heterocycles. The Morgan fingerprint density at radius 2 is 1.91 bits per heavy atom. The van der Waals surface area contributed by atoms with Crippen molar-refractivity contribution in [2.75, 3.05) is 6.54 Å². The number of nitrogens with zero attached hydrogens (tertiary/aromatic N) is 4. The molecule has 0 atom stereocenters. The molecule has 0 radical (unpaired) electrons. The molecule has 1 aliphatic rings. The normalized spacial score (nSPS) is 13.1. The third-order valence-electron chi connectivity index (χ3n) is 5.90. The first kappa shape index (κ1) is 22.3. The van der Waals surface area contributed by atoms with Gasteiger partial charge in [0.15, 0.2) is 0 Å². The smallest absolute Gasteiger partial charge is 0.252 e. The molecule has 3 heterocycles. The summed E-state index contributed by atoms with van der Waals surface area (Å²) in [5.41, 5.74) is 10.8. The van der Waals surface area contributed by atoms with Crippen molar-refractivity contribution in [2.24, 2.45) is 5.73 Å². The summed E-state index contributed by atoms with van der Waals surface area (Å²) in [4.78, 5) is 31.7. The van der Waals surface area contributed by atoms with Crippen molar-refractivity contribution in [3.05, 3.63) is 80.8 Å². The zero-order valence-electron chi connectivity index (χ0n) is 18.5. The molecule has 0 saturated heterocycles. The molecule has 0 bridgehead atoms. The number of aryl methyl sites for hydroxylation is 1. The van der Waals surface area contributed by atoms with Gasteiger partial charge in [-0.3, -0.25) is 14.3 Å². The van der Waals surface area contributed by atoms with E-state index >= 15 is 0 Å². The van der Waals surface area contributed by atoms with Crippen LogP contribution in [0.2, 0.25) is 5.02 Å². The number of halogens is 1. The molecule has 0 saturated carbocycles. The minimum atomic E-state index is -0.571. The second-order valence-corrected chi connectivity index (χ2v) is 9.71. The van der Waals surface area contributed by atoms with E-state index in [4.69, 9.17) is 17.3 Å². The van der Waals surface area contributed by atoms with Gasteiger partial charge in [0, 0.05) is 28.1 Å². The van der Waals surface area contributed by atoms with Crippen molar-refractivity contribution in [1.29, 1.82) is 0 Å². The van der Waals surface area contributed by atoms with Gasteiger partial charge in [-0.25, -0.2) is 4.98 Å². The van der Waals surface area contributed by atoms with Gasteiger partial charge in [-0.15, -0.1) is 11.3 Å². The van der Waals surface area contributed by atoms with Gasteiger partial charge in [0.2, 0.25) is 5.91 Å². The summed E-state index contributed by atoms with van der Waals surface area (Å²) in [6, 6.07) is 15.1. The van der Waals surface area contributed by atoms with E-state index in [-0.39, 0.29) is 18.9 Å². The Hall–Kier alpha value is -3.49. The summed E-state index contributed by atoms with van der Waals surface area (Å²) in [5.74, 6) is -0.581. The maximum Gasteiger partial charge on any atom is 0.252 e. The maximum absolute atomic E-state index is 13.1. The van der Waals surface area contributed by atoms with E-state index in [1.165, 1.54) is 0 Å². The van der Waals surface area contributed by atoms with Gasteiger partial charge in [0.25, 0.3) is 5.91 Å². The van der Waals surface area contributed by atoms with E-state index < -0.39 is 5.91 Å². The highest BCUT2D eigenvalue weighted by Gasteiger charge is 2.29. The summed E-state index contributed by atoms with van der Waals surface area (Å²) in [5, 5.41) is 8.21. The highest BCUT2D eigenvalue weighted by Crippen LogP contribution is 2.30. The zero-order chi connectivity index (χ0) is 23.8. The summed E-state index contributed by atoms with van der Waals surface area (Å²) in [7, 11) is 0. The van der Waals surface area contributed by atoms with Crippen LogP contribution < -0.4 is 5.73 Å². The van der Waals surface area contributed by atoms with E-state index in [9.17, 15) is 9.59 Å². The van der Waals surface area contributed by atoms with E-state index in [2.05, 4.69) is 10.1 Å². The van der Waals surface area contributed by atoms with Gasteiger partial charge in [0.05, 0.1) is 41.5 Å². The number of nitrogens with two attached hydrogens (primary N) is 1. The van der Waals surface area contributed by atoms with Crippen molar-refractivity contribution in [3.8, 4) is 22.5 Å². The molecule has 34 heavy (non-hydrogen) atoms. The molecule has 172 valence electrons. The Morgan fingerprint density at radius 3 is 2.59 bits per heavy atom. The van der Waals surface area contributed by atoms with Crippen molar-refractivity contribution >= 4 is 34.8 Å². The first-order valence-electron chi connectivity index (χ1n) is 10.8. The predicted molar refractivity (Wildman–Crippen MR) is 133 cm³/mol. The van der Waals surface area contributed by atoms with Crippen LogP contribution in [0, 0.1) is 6.92 Å². The second-order valence-electron chi connectivity index (χ2n) is 8.21. The van der Waals surface area contributed by atoms with Gasteiger partial charge >= 0.3 is 0 Å². The van der Waals surface area contributed by atoms with Crippen molar-refractivity contribution in [1.82, 2.24) is 19.7 Å². The quantitative estimate of drug-likeness (QED) is 0.450. The standard InChI is InChI=1S/C25H22ClN5O2S/c1-15-28-20(14-34-15)17-7-5-16(6-8-17)11-22(32)30-9-10-31-21(13-30)23(25(27)33)24(29-31)18-3-2-4-19(26)12-18/h2-8,12,14H,9-11,13H2,1H3,(H2,27,33). The predicted octanol–water partition coefficient (Wildman–Crippen LogP) is 4.32. The summed E-state index contributed by atoms with van der Waals surface area (Å²) in [6.45, 7) is 3.26. The average molecular weight is 492 g/mol. The number of carbonyl (C=O) groups excluding carboxylic acids is 2. The Bertz CT molecular complexity index is 1390. The van der Waals surface area contributed by atoms with Gasteiger partial charge in [-0.1, -0.05) is 48.0 Å². The van der Waals surface area contributed by atoms with Crippen LogP contribution in [0.1, 0.15) is 26.6 Å². The van der Waals surface area contributed by atoms with Gasteiger partial charge < -0.3 is 10.6 Å². The molecular formula is C25H22ClN5O2S. The fourth-order valence-electron chi connectivity index (χ4n) is 4.20. The number of benzene rings is 2. The number of primary amides is 1. The maximum atomic E-state index is 13.1. The van der Waals surface area contributed by atoms with E-state index in [0.29, 0.717) is 35.1 Å². The fourth-order valence-corrected chi connectivity index (χ4v) is 5.02. The third kappa shape index (κ3) is 4.34. The molecule has 0 spiro atoms. The molecule has 7 nitrogen and oxygen atoms in total. The number of carbonyl (C=O) groups is 2. The van der Waals surface area contributed by atoms with Crippen LogP contribution in [0.25, 0.3) is 22.5 Å². The monoisotopic (exact) mass is 491 g/mol. The lowest BCUT2D eigenvalue weighted by atomic mass is 10.0. The lowest BCUT2D eigenvalue weighted by Gasteiger charge is -2.28. The van der Waals surface area contributed by atoms with Crippen LogP contribution >= 0.6 is 22.9 Å². The molecule has 0 fully saturated rings. The van der Waals surface area contributed by atoms with Crippen LogP contribution in [0.4, 0.5) is 0 Å². The van der Waals surface area contributed by atoms with Gasteiger partial charge in [0.1, 0.15) is 5.69 Å². The van der Waals surface area contributed by atoms with Crippen LogP contribution in [-0.4, -0.2) is 38.0 Å². The summed E-state index contributed by atoms with van der Waals surface area (Å²) < 4.78 is 1.77. The Labute approximate surface area is 205 Å². The van der Waals surface area contributed by atoms with Crippen LogP contribution in [0.5, 0.6) is 0 Å².